The van der Waals surface area contributed by atoms with Crippen LogP contribution in [0.25, 0.3) is 97.4 Å². The number of fused-ring (bicyclic) bond motifs is 9. The van der Waals surface area contributed by atoms with Crippen molar-refractivity contribution in [3.05, 3.63) is 169 Å². The van der Waals surface area contributed by atoms with Crippen molar-refractivity contribution in [3.63, 3.8) is 0 Å². The fourth-order valence-corrected chi connectivity index (χ4v) is 9.07. The van der Waals surface area contributed by atoms with E-state index in [1.165, 1.54) is 69.9 Å². The van der Waals surface area contributed by atoms with Gasteiger partial charge in [0.25, 0.3) is 0 Å². The minimum atomic E-state index is 0.874. The molecule has 3 heteroatoms. The molecule has 0 aliphatic heterocycles. The van der Waals surface area contributed by atoms with Crippen LogP contribution in [0.1, 0.15) is 11.1 Å². The Balaban J connectivity index is 0.991. The lowest BCUT2D eigenvalue weighted by Gasteiger charge is -2.14. The van der Waals surface area contributed by atoms with Gasteiger partial charge in [-0.25, -0.2) is 4.98 Å². The fraction of sp³-hybridized carbons (Fsp3) is 0.0417. The maximum absolute atomic E-state index is 5.22. The van der Waals surface area contributed by atoms with Crippen LogP contribution in [0, 0.1) is 13.8 Å². The van der Waals surface area contributed by atoms with E-state index >= 15 is 0 Å². The van der Waals surface area contributed by atoms with Crippen molar-refractivity contribution in [2.24, 2.45) is 0 Å². The number of thiophene rings is 1. The van der Waals surface area contributed by atoms with Crippen molar-refractivity contribution in [1.82, 2.24) is 9.97 Å². The van der Waals surface area contributed by atoms with Gasteiger partial charge in [0, 0.05) is 36.5 Å². The second-order valence-corrected chi connectivity index (χ2v) is 14.5. The van der Waals surface area contributed by atoms with Gasteiger partial charge in [-0.2, -0.15) is 0 Å². The predicted octanol–water partition coefficient (Wildman–Crippen LogP) is 13.6. The van der Waals surface area contributed by atoms with Crippen LogP contribution in [0.3, 0.4) is 0 Å². The summed E-state index contributed by atoms with van der Waals surface area (Å²) in [6.45, 7) is 4.47. The van der Waals surface area contributed by atoms with E-state index in [2.05, 4.69) is 166 Å². The van der Waals surface area contributed by atoms with Gasteiger partial charge in [0.05, 0.1) is 22.9 Å². The van der Waals surface area contributed by atoms with Crippen molar-refractivity contribution in [2.75, 3.05) is 0 Å². The van der Waals surface area contributed by atoms with E-state index in [1.807, 2.05) is 17.5 Å². The maximum Gasteiger partial charge on any atom is 0.0979 e. The second kappa shape index (κ2) is 11.7. The largest absolute Gasteiger partial charge is 0.252 e. The summed E-state index contributed by atoms with van der Waals surface area (Å²) in [5, 5.41) is 7.34. The lowest BCUT2D eigenvalue weighted by atomic mass is 9.90. The molecule has 0 saturated carbocycles. The first-order valence-corrected chi connectivity index (χ1v) is 18.2. The van der Waals surface area contributed by atoms with Crippen molar-refractivity contribution in [1.29, 1.82) is 0 Å². The molecule has 10 aromatic rings. The molecule has 0 N–H and O–H groups in total. The minimum absolute atomic E-state index is 0.874. The van der Waals surface area contributed by atoms with Crippen molar-refractivity contribution in [3.8, 4) is 44.6 Å². The third kappa shape index (κ3) is 4.85. The molecule has 0 aliphatic carbocycles. The van der Waals surface area contributed by atoms with E-state index in [9.17, 15) is 0 Å². The van der Waals surface area contributed by atoms with Gasteiger partial charge in [-0.1, -0.05) is 140 Å². The maximum atomic E-state index is 5.22. The highest BCUT2D eigenvalue weighted by molar-refractivity contribution is 7.26. The molecule has 0 amide bonds. The fourth-order valence-electron chi connectivity index (χ4n) is 7.84. The highest BCUT2D eigenvalue weighted by Gasteiger charge is 2.15. The topological polar surface area (TPSA) is 25.8 Å². The van der Waals surface area contributed by atoms with Gasteiger partial charge < -0.3 is 0 Å². The van der Waals surface area contributed by atoms with Gasteiger partial charge in [-0.3, -0.25) is 4.98 Å². The quantitative estimate of drug-likeness (QED) is 0.174. The Hall–Kier alpha value is -6.16. The Labute approximate surface area is 300 Å². The van der Waals surface area contributed by atoms with Crippen LogP contribution in [-0.2, 0) is 0 Å². The molecule has 0 unspecified atom stereocenters. The van der Waals surface area contributed by atoms with Gasteiger partial charge >= 0.3 is 0 Å². The number of rotatable bonds is 4. The summed E-state index contributed by atoms with van der Waals surface area (Å²) in [5.41, 5.74) is 13.8. The van der Waals surface area contributed by atoms with E-state index in [0.29, 0.717) is 0 Å². The van der Waals surface area contributed by atoms with E-state index < -0.39 is 0 Å². The molecule has 0 aliphatic rings. The summed E-state index contributed by atoms with van der Waals surface area (Å²) in [4.78, 5) is 10.2. The van der Waals surface area contributed by atoms with Gasteiger partial charge in [-0.15, -0.1) is 11.3 Å². The zero-order chi connectivity index (χ0) is 34.1. The molecule has 8 aromatic carbocycles. The van der Waals surface area contributed by atoms with Crippen LogP contribution < -0.4 is 0 Å². The molecule has 51 heavy (non-hydrogen) atoms. The summed E-state index contributed by atoms with van der Waals surface area (Å²) in [5.74, 6) is 0. The Morgan fingerprint density at radius 3 is 1.78 bits per heavy atom. The van der Waals surface area contributed by atoms with Crippen LogP contribution in [0.15, 0.2) is 158 Å². The van der Waals surface area contributed by atoms with Crippen molar-refractivity contribution < 1.29 is 0 Å². The monoisotopic (exact) mass is 668 g/mol. The molecular formula is C48H32N2S. The van der Waals surface area contributed by atoms with Crippen LogP contribution in [-0.4, -0.2) is 9.97 Å². The first-order chi connectivity index (χ1) is 25.1. The Morgan fingerprint density at radius 2 is 1.00 bits per heavy atom. The van der Waals surface area contributed by atoms with Crippen LogP contribution in [0.5, 0.6) is 0 Å². The number of aromatic nitrogens is 2. The summed E-state index contributed by atoms with van der Waals surface area (Å²) in [6.07, 6.45) is 1.92. The van der Waals surface area contributed by atoms with E-state index in [-0.39, 0.29) is 0 Å². The Bertz CT molecular complexity index is 2950. The molecular weight excluding hydrogens is 637 g/mol. The van der Waals surface area contributed by atoms with Crippen molar-refractivity contribution in [2.45, 2.75) is 13.8 Å². The van der Waals surface area contributed by atoms with Crippen LogP contribution >= 0.6 is 11.3 Å². The second-order valence-electron chi connectivity index (χ2n) is 13.5. The highest BCUT2D eigenvalue weighted by Crippen LogP contribution is 2.42. The average Bonchev–Trinajstić information content (AvgIpc) is 3.58. The molecule has 240 valence electrons. The van der Waals surface area contributed by atoms with E-state index in [0.717, 1.165) is 38.6 Å². The van der Waals surface area contributed by atoms with Gasteiger partial charge in [0.2, 0.25) is 0 Å². The molecule has 0 bridgehead atoms. The van der Waals surface area contributed by atoms with Gasteiger partial charge in [0.15, 0.2) is 0 Å². The number of hydrogen-bond donors (Lipinski definition) is 0. The molecule has 0 atom stereocenters. The molecule has 0 radical (unpaired) electrons. The molecule has 0 spiro atoms. The minimum Gasteiger partial charge on any atom is -0.252 e. The molecule has 0 fully saturated rings. The number of benzene rings is 8. The summed E-state index contributed by atoms with van der Waals surface area (Å²) < 4.78 is 2.70. The Morgan fingerprint density at radius 1 is 0.412 bits per heavy atom. The third-order valence-electron chi connectivity index (χ3n) is 10.4. The van der Waals surface area contributed by atoms with Crippen LogP contribution in [0.4, 0.5) is 0 Å². The standard InChI is InChI=1S/C48H32N2S/c1-29-26-43(41-19-10-18-40-37-15-7-8-20-45(37)51-48(40)41)30(2)25-42(29)32-23-21-31(22-24-32)33-11-9-12-34(27-33)44-28-49-46-38-16-5-3-13-35(38)36-14-4-6-17-39(36)47(46)50-44/h3-28H,1-2H3. The zero-order valence-electron chi connectivity index (χ0n) is 28.3. The smallest absolute Gasteiger partial charge is 0.0979 e. The first kappa shape index (κ1) is 29.7. The Kier molecular flexibility index (Phi) is 6.83. The summed E-state index contributed by atoms with van der Waals surface area (Å²) >= 11 is 1.89. The first-order valence-electron chi connectivity index (χ1n) is 17.4. The molecule has 2 heterocycles. The molecule has 10 rings (SSSR count). The number of aryl methyl sites for hydroxylation is 2. The predicted molar refractivity (Wildman–Crippen MR) is 219 cm³/mol. The molecule has 2 aromatic heterocycles. The number of hydrogen-bond acceptors (Lipinski definition) is 3. The van der Waals surface area contributed by atoms with Gasteiger partial charge in [0.1, 0.15) is 0 Å². The lowest BCUT2D eigenvalue weighted by molar-refractivity contribution is 1.31. The summed E-state index contributed by atoms with van der Waals surface area (Å²) in [6, 6.07) is 54.8. The zero-order valence-corrected chi connectivity index (χ0v) is 29.1. The third-order valence-corrected chi connectivity index (χ3v) is 11.6. The van der Waals surface area contributed by atoms with Gasteiger partial charge in [-0.05, 0) is 81.3 Å². The molecule has 0 saturated heterocycles. The number of nitrogens with zero attached hydrogens (tertiary/aromatic N) is 2. The van der Waals surface area contributed by atoms with Crippen LogP contribution in [0.2, 0.25) is 0 Å². The summed E-state index contributed by atoms with van der Waals surface area (Å²) in [7, 11) is 0. The normalized spacial score (nSPS) is 11.7. The van der Waals surface area contributed by atoms with E-state index in [1.54, 1.807) is 0 Å². The average molecular weight is 669 g/mol. The van der Waals surface area contributed by atoms with Crippen molar-refractivity contribution >= 4 is 64.1 Å². The van der Waals surface area contributed by atoms with E-state index in [4.69, 9.17) is 9.97 Å². The lowest BCUT2D eigenvalue weighted by Crippen LogP contribution is -1.92. The molecule has 2 nitrogen and oxygen atoms in total. The highest BCUT2D eigenvalue weighted by atomic mass is 32.1. The SMILES string of the molecule is Cc1cc(-c2cccc3c2sc2ccccc23)c(C)cc1-c1ccc(-c2cccc(-c3cnc4c5ccccc5c5ccccc5c4n3)c2)cc1.